The predicted molar refractivity (Wildman–Crippen MR) is 93.7 cm³/mol. The molecule has 2 aromatic heterocycles. The van der Waals surface area contributed by atoms with Gasteiger partial charge in [-0.1, -0.05) is 6.07 Å². The minimum absolute atomic E-state index is 0.261. The van der Waals surface area contributed by atoms with Crippen LogP contribution in [0.3, 0.4) is 0 Å². The summed E-state index contributed by atoms with van der Waals surface area (Å²) >= 11 is 0. The molecule has 1 amide bonds. The fraction of sp³-hybridized carbons (Fsp3) is 0.526. The van der Waals surface area contributed by atoms with Crippen molar-refractivity contribution in [1.29, 1.82) is 0 Å². The second kappa shape index (κ2) is 7.60. The van der Waals surface area contributed by atoms with Crippen molar-refractivity contribution in [3.8, 4) is 0 Å². The van der Waals surface area contributed by atoms with Gasteiger partial charge < -0.3 is 4.90 Å². The van der Waals surface area contributed by atoms with Crippen LogP contribution in [-0.4, -0.2) is 38.7 Å². The number of pyridine rings is 1. The summed E-state index contributed by atoms with van der Waals surface area (Å²) in [5.74, 6) is 0.636. The van der Waals surface area contributed by atoms with Gasteiger partial charge >= 0.3 is 0 Å². The summed E-state index contributed by atoms with van der Waals surface area (Å²) in [7, 11) is 0. The van der Waals surface area contributed by atoms with Gasteiger partial charge in [0.25, 0.3) is 0 Å². The maximum Gasteiger partial charge on any atom is 0.222 e. The predicted octanol–water partition coefficient (Wildman–Crippen LogP) is 3.08. The molecular weight excluding hydrogens is 300 g/mol. The Morgan fingerprint density at radius 2 is 2.21 bits per heavy atom. The minimum atomic E-state index is 0.261. The molecule has 1 unspecified atom stereocenters. The van der Waals surface area contributed by atoms with Gasteiger partial charge in [-0.05, 0) is 51.3 Å². The summed E-state index contributed by atoms with van der Waals surface area (Å²) in [6, 6.07) is 8.11. The number of piperidine rings is 1. The minimum Gasteiger partial charge on any atom is -0.342 e. The van der Waals surface area contributed by atoms with E-state index in [0.29, 0.717) is 12.3 Å². The number of hydrogen-bond donors (Lipinski definition) is 0. The number of aryl methyl sites for hydroxylation is 3. The number of likely N-dealkylation sites (tertiary alicyclic amines) is 1. The Kier molecular flexibility index (Phi) is 5.28. The monoisotopic (exact) mass is 326 g/mol. The largest absolute Gasteiger partial charge is 0.342 e. The first kappa shape index (κ1) is 16.7. The average molecular weight is 326 g/mol. The Morgan fingerprint density at radius 1 is 1.33 bits per heavy atom. The summed E-state index contributed by atoms with van der Waals surface area (Å²) in [6.07, 6.45) is 5.44. The second-order valence-corrected chi connectivity index (χ2v) is 6.69. The number of rotatable bonds is 5. The zero-order valence-corrected chi connectivity index (χ0v) is 14.6. The second-order valence-electron chi connectivity index (χ2n) is 6.69. The third-order valence-electron chi connectivity index (χ3n) is 4.74. The van der Waals surface area contributed by atoms with Crippen LogP contribution in [0.15, 0.2) is 30.5 Å². The van der Waals surface area contributed by atoms with Crippen LogP contribution in [0.4, 0.5) is 0 Å². The smallest absolute Gasteiger partial charge is 0.222 e. The molecule has 2 aromatic rings. The highest BCUT2D eigenvalue weighted by Crippen LogP contribution is 2.25. The first-order valence-electron chi connectivity index (χ1n) is 8.83. The highest BCUT2D eigenvalue weighted by Gasteiger charge is 2.25. The molecule has 1 aliphatic rings. The van der Waals surface area contributed by atoms with E-state index in [2.05, 4.69) is 29.1 Å². The van der Waals surface area contributed by atoms with Crippen LogP contribution >= 0.6 is 0 Å². The van der Waals surface area contributed by atoms with Crippen molar-refractivity contribution in [2.45, 2.75) is 52.0 Å². The lowest BCUT2D eigenvalue weighted by atomic mass is 9.94. The zero-order valence-electron chi connectivity index (χ0n) is 14.6. The van der Waals surface area contributed by atoms with Crippen LogP contribution in [0.1, 0.15) is 48.7 Å². The molecule has 0 saturated carbocycles. The first-order valence-corrected chi connectivity index (χ1v) is 8.83. The number of carbonyl (C=O) groups excluding carboxylic acids is 1. The van der Waals surface area contributed by atoms with Crippen LogP contribution in [0.25, 0.3) is 0 Å². The maximum atomic E-state index is 12.5. The molecule has 0 radical (unpaired) electrons. The number of amides is 1. The Labute approximate surface area is 143 Å². The molecule has 1 fully saturated rings. The van der Waals surface area contributed by atoms with Gasteiger partial charge in [-0.25, -0.2) is 0 Å². The van der Waals surface area contributed by atoms with Gasteiger partial charge in [-0.2, -0.15) is 5.10 Å². The van der Waals surface area contributed by atoms with E-state index in [4.69, 9.17) is 0 Å². The van der Waals surface area contributed by atoms with Crippen LogP contribution in [0.5, 0.6) is 0 Å². The van der Waals surface area contributed by atoms with E-state index >= 15 is 0 Å². The maximum absolute atomic E-state index is 12.5. The number of nitrogens with zero attached hydrogens (tertiary/aromatic N) is 4. The molecule has 24 heavy (non-hydrogen) atoms. The van der Waals surface area contributed by atoms with Crippen LogP contribution in [0, 0.1) is 13.8 Å². The van der Waals surface area contributed by atoms with E-state index in [0.717, 1.165) is 56.0 Å². The third kappa shape index (κ3) is 4.02. The molecule has 0 bridgehead atoms. The van der Waals surface area contributed by atoms with Gasteiger partial charge in [-0.3, -0.25) is 14.5 Å². The van der Waals surface area contributed by atoms with Gasteiger partial charge in [-0.15, -0.1) is 0 Å². The van der Waals surface area contributed by atoms with Crippen LogP contribution in [0.2, 0.25) is 0 Å². The summed E-state index contributed by atoms with van der Waals surface area (Å²) in [5.41, 5.74) is 3.30. The van der Waals surface area contributed by atoms with Crippen molar-refractivity contribution < 1.29 is 4.79 Å². The lowest BCUT2D eigenvalue weighted by molar-refractivity contribution is -0.132. The quantitative estimate of drug-likeness (QED) is 0.848. The average Bonchev–Trinajstić information content (AvgIpc) is 2.93. The molecule has 1 aliphatic heterocycles. The van der Waals surface area contributed by atoms with Crippen molar-refractivity contribution >= 4 is 5.91 Å². The molecule has 0 aromatic carbocycles. The van der Waals surface area contributed by atoms with E-state index in [1.807, 2.05) is 34.8 Å². The van der Waals surface area contributed by atoms with Gasteiger partial charge in [0.2, 0.25) is 5.91 Å². The summed E-state index contributed by atoms with van der Waals surface area (Å²) in [5, 5.41) is 4.45. The van der Waals surface area contributed by atoms with Crippen molar-refractivity contribution in [3.63, 3.8) is 0 Å². The molecular formula is C19H26N4O. The Hall–Kier alpha value is -2.17. The van der Waals surface area contributed by atoms with Gasteiger partial charge in [0.1, 0.15) is 0 Å². The standard InChI is InChI=1S/C19H26N4O/c1-15-13-16(2)23(21-15)12-6-9-19(24)22-11-5-7-17(14-22)18-8-3-4-10-20-18/h3-4,8,10,13,17H,5-7,9,11-12,14H2,1-2H3. The summed E-state index contributed by atoms with van der Waals surface area (Å²) < 4.78 is 2.00. The van der Waals surface area contributed by atoms with E-state index in [1.165, 1.54) is 0 Å². The van der Waals surface area contributed by atoms with E-state index < -0.39 is 0 Å². The molecule has 3 heterocycles. The SMILES string of the molecule is Cc1cc(C)n(CCCC(=O)N2CCCC(c3ccccn3)C2)n1. The van der Waals surface area contributed by atoms with Crippen LogP contribution < -0.4 is 0 Å². The Morgan fingerprint density at radius 3 is 2.92 bits per heavy atom. The van der Waals surface area contributed by atoms with Crippen molar-refractivity contribution in [2.24, 2.45) is 0 Å². The molecule has 0 N–H and O–H groups in total. The van der Waals surface area contributed by atoms with Crippen molar-refractivity contribution in [3.05, 3.63) is 47.5 Å². The molecule has 0 aliphatic carbocycles. The molecule has 0 spiro atoms. The highest BCUT2D eigenvalue weighted by atomic mass is 16.2. The normalized spacial score (nSPS) is 17.9. The van der Waals surface area contributed by atoms with Crippen molar-refractivity contribution in [1.82, 2.24) is 19.7 Å². The van der Waals surface area contributed by atoms with Gasteiger partial charge in [0.15, 0.2) is 0 Å². The molecule has 5 nitrogen and oxygen atoms in total. The molecule has 1 atom stereocenters. The van der Waals surface area contributed by atoms with E-state index in [9.17, 15) is 4.79 Å². The molecule has 1 saturated heterocycles. The highest BCUT2D eigenvalue weighted by molar-refractivity contribution is 5.76. The van der Waals surface area contributed by atoms with Gasteiger partial charge in [0.05, 0.1) is 5.69 Å². The van der Waals surface area contributed by atoms with E-state index in [-0.39, 0.29) is 5.91 Å². The third-order valence-corrected chi connectivity index (χ3v) is 4.74. The number of hydrogen-bond acceptors (Lipinski definition) is 3. The molecule has 5 heteroatoms. The first-order chi connectivity index (χ1) is 11.6. The van der Waals surface area contributed by atoms with Crippen molar-refractivity contribution in [2.75, 3.05) is 13.1 Å². The van der Waals surface area contributed by atoms with Gasteiger partial charge in [0, 0.05) is 49.6 Å². The molecule has 128 valence electrons. The summed E-state index contributed by atoms with van der Waals surface area (Å²) in [4.78, 5) is 19.0. The fourth-order valence-corrected chi connectivity index (χ4v) is 3.50. The number of carbonyl (C=O) groups is 1. The molecule has 3 rings (SSSR count). The topological polar surface area (TPSA) is 51.0 Å². The fourth-order valence-electron chi connectivity index (χ4n) is 3.50. The lowest BCUT2D eigenvalue weighted by Gasteiger charge is -2.32. The van der Waals surface area contributed by atoms with E-state index in [1.54, 1.807) is 0 Å². The van der Waals surface area contributed by atoms with Crippen LogP contribution in [-0.2, 0) is 11.3 Å². The Bertz CT molecular complexity index is 680. The zero-order chi connectivity index (χ0) is 16.9. The summed E-state index contributed by atoms with van der Waals surface area (Å²) in [6.45, 7) is 6.55. The Balaban J connectivity index is 1.50. The lowest BCUT2D eigenvalue weighted by Crippen LogP contribution is -2.39. The number of aromatic nitrogens is 3.